The van der Waals surface area contributed by atoms with Gasteiger partial charge in [0.2, 0.25) is 23.6 Å². The minimum absolute atomic E-state index is 0.210. The molecule has 9 nitrogen and oxygen atoms in total. The molecule has 4 amide bonds. The number of nitrogens with one attached hydrogen (secondary N) is 5. The van der Waals surface area contributed by atoms with Gasteiger partial charge in [0.1, 0.15) is 18.1 Å². The molecule has 1 aromatic heterocycles. The Balaban J connectivity index is 2.20. The molecule has 3 atom stereocenters. The summed E-state index contributed by atoms with van der Waals surface area (Å²) in [4.78, 5) is 52.5. The molecule has 32 heavy (non-hydrogen) atoms. The second-order valence-corrected chi connectivity index (χ2v) is 9.02. The van der Waals surface area contributed by atoms with Gasteiger partial charge in [-0.3, -0.25) is 19.2 Å². The lowest BCUT2D eigenvalue weighted by molar-refractivity contribution is -0.133. The fraction of sp³-hybridized carbons (Fsp3) is 0.478. The maximum absolute atomic E-state index is 13.1. The molecule has 9 heteroatoms. The van der Waals surface area contributed by atoms with Gasteiger partial charge < -0.3 is 26.3 Å². The first-order valence-corrected chi connectivity index (χ1v) is 10.6. The van der Waals surface area contributed by atoms with Gasteiger partial charge >= 0.3 is 0 Å². The van der Waals surface area contributed by atoms with Gasteiger partial charge in [0.25, 0.3) is 0 Å². The van der Waals surface area contributed by atoms with Crippen molar-refractivity contribution in [3.8, 4) is 0 Å². The van der Waals surface area contributed by atoms with E-state index in [4.69, 9.17) is 0 Å². The lowest BCUT2D eigenvalue weighted by Gasteiger charge is -2.26. The van der Waals surface area contributed by atoms with E-state index in [2.05, 4.69) is 26.3 Å². The quantitative estimate of drug-likeness (QED) is 0.418. The van der Waals surface area contributed by atoms with Crippen molar-refractivity contribution in [3.63, 3.8) is 0 Å². The first-order chi connectivity index (χ1) is 14.9. The van der Waals surface area contributed by atoms with Crippen LogP contribution >= 0.6 is 0 Å². The fourth-order valence-corrected chi connectivity index (χ4v) is 3.25. The van der Waals surface area contributed by atoms with Crippen molar-refractivity contribution < 1.29 is 19.2 Å². The van der Waals surface area contributed by atoms with Gasteiger partial charge in [-0.1, -0.05) is 18.2 Å². The minimum atomic E-state index is -0.942. The molecule has 0 aliphatic carbocycles. The number of carbonyl (C=O) groups is 4. The number of benzene rings is 1. The summed E-state index contributed by atoms with van der Waals surface area (Å²) in [6.45, 7) is 9.99. The normalized spacial score (nSPS) is 14.2. The average molecular weight is 444 g/mol. The van der Waals surface area contributed by atoms with Crippen LogP contribution in [-0.4, -0.2) is 52.3 Å². The van der Waals surface area contributed by atoms with Crippen molar-refractivity contribution in [2.75, 3.05) is 0 Å². The largest absolute Gasteiger partial charge is 0.361 e. The van der Waals surface area contributed by atoms with Crippen molar-refractivity contribution in [2.45, 2.75) is 71.6 Å². The van der Waals surface area contributed by atoms with Crippen molar-refractivity contribution in [1.82, 2.24) is 26.3 Å². The predicted octanol–water partition coefficient (Wildman–Crippen LogP) is 1.14. The summed E-state index contributed by atoms with van der Waals surface area (Å²) >= 11 is 0. The molecule has 0 spiro atoms. The molecular weight excluding hydrogens is 410 g/mol. The molecule has 0 saturated carbocycles. The van der Waals surface area contributed by atoms with Gasteiger partial charge in [0.15, 0.2) is 0 Å². The summed E-state index contributed by atoms with van der Waals surface area (Å²) in [5.74, 6) is -1.66. The van der Waals surface area contributed by atoms with Crippen LogP contribution in [0.5, 0.6) is 0 Å². The number of H-pyrrole nitrogens is 1. The zero-order chi connectivity index (χ0) is 24.1. The Morgan fingerprint density at radius 1 is 0.906 bits per heavy atom. The number of aromatic nitrogens is 1. The Morgan fingerprint density at radius 3 is 2.16 bits per heavy atom. The molecule has 0 bridgehead atoms. The van der Waals surface area contributed by atoms with Crippen LogP contribution in [0.3, 0.4) is 0 Å². The topological polar surface area (TPSA) is 132 Å². The molecular formula is C23H33N5O4. The highest BCUT2D eigenvalue weighted by Gasteiger charge is 2.28. The highest BCUT2D eigenvalue weighted by atomic mass is 16.2. The average Bonchev–Trinajstić information content (AvgIpc) is 3.08. The monoisotopic (exact) mass is 443 g/mol. The lowest BCUT2D eigenvalue weighted by Crippen LogP contribution is -2.57. The molecule has 174 valence electrons. The van der Waals surface area contributed by atoms with E-state index in [1.807, 2.05) is 45.0 Å². The van der Waals surface area contributed by atoms with Crippen molar-refractivity contribution in [3.05, 3.63) is 36.0 Å². The van der Waals surface area contributed by atoms with Crippen LogP contribution in [0.25, 0.3) is 10.9 Å². The van der Waals surface area contributed by atoms with E-state index in [1.165, 1.54) is 13.8 Å². The Bertz CT molecular complexity index is 992. The number of aromatic amines is 1. The Labute approximate surface area is 188 Å². The molecule has 0 aliphatic heterocycles. The van der Waals surface area contributed by atoms with Crippen LogP contribution in [0.4, 0.5) is 0 Å². The van der Waals surface area contributed by atoms with Crippen molar-refractivity contribution >= 4 is 34.5 Å². The molecule has 0 radical (unpaired) electrons. The molecule has 1 aromatic carbocycles. The molecule has 0 saturated heterocycles. The third kappa shape index (κ3) is 7.11. The molecule has 0 aliphatic rings. The van der Waals surface area contributed by atoms with Crippen molar-refractivity contribution in [2.24, 2.45) is 0 Å². The maximum Gasteiger partial charge on any atom is 0.243 e. The Kier molecular flexibility index (Phi) is 8.02. The summed E-state index contributed by atoms with van der Waals surface area (Å²) in [5.41, 5.74) is 1.32. The van der Waals surface area contributed by atoms with Crippen LogP contribution in [-0.2, 0) is 25.6 Å². The predicted molar refractivity (Wildman–Crippen MR) is 123 cm³/mol. The minimum Gasteiger partial charge on any atom is -0.361 e. The molecule has 2 aromatic rings. The number of rotatable bonds is 8. The number of hydrogen-bond donors (Lipinski definition) is 5. The molecule has 5 N–H and O–H groups in total. The highest BCUT2D eigenvalue weighted by molar-refractivity contribution is 5.94. The summed E-state index contributed by atoms with van der Waals surface area (Å²) in [5, 5.41) is 11.7. The van der Waals surface area contributed by atoms with Crippen LogP contribution in [0, 0.1) is 0 Å². The van der Waals surface area contributed by atoms with Gasteiger partial charge in [-0.2, -0.15) is 0 Å². The number of amides is 4. The van der Waals surface area contributed by atoms with E-state index < -0.39 is 35.5 Å². The summed E-state index contributed by atoms with van der Waals surface area (Å²) < 4.78 is 0. The van der Waals surface area contributed by atoms with E-state index in [0.717, 1.165) is 16.5 Å². The van der Waals surface area contributed by atoms with Gasteiger partial charge in [0, 0.05) is 36.0 Å². The smallest absolute Gasteiger partial charge is 0.243 e. The van der Waals surface area contributed by atoms with Gasteiger partial charge in [0.05, 0.1) is 0 Å². The number of para-hydroxylation sites is 1. The van der Waals surface area contributed by atoms with Crippen LogP contribution in [0.15, 0.2) is 30.5 Å². The zero-order valence-corrected chi connectivity index (χ0v) is 19.5. The number of hydrogen-bond acceptors (Lipinski definition) is 4. The summed E-state index contributed by atoms with van der Waals surface area (Å²) in [6, 6.07) is 5.10. The molecule has 1 heterocycles. The molecule has 0 fully saturated rings. The second kappa shape index (κ2) is 10.3. The summed E-state index contributed by atoms with van der Waals surface area (Å²) in [6.07, 6.45) is 2.01. The lowest BCUT2D eigenvalue weighted by atomic mass is 10.0. The van der Waals surface area contributed by atoms with E-state index in [0.29, 0.717) is 0 Å². The summed E-state index contributed by atoms with van der Waals surface area (Å²) in [7, 11) is 0. The SMILES string of the molecule is CC(=O)NC(C)C(=O)NC(Cc1c[nH]c2ccccc12)C(=O)NC(C)C(=O)NC(C)(C)C. The van der Waals surface area contributed by atoms with Crippen LogP contribution in [0.1, 0.15) is 47.1 Å². The highest BCUT2D eigenvalue weighted by Crippen LogP contribution is 2.19. The van der Waals surface area contributed by atoms with E-state index in [1.54, 1.807) is 13.1 Å². The Morgan fingerprint density at radius 2 is 1.53 bits per heavy atom. The number of fused-ring (bicyclic) bond motifs is 1. The maximum atomic E-state index is 13.1. The first-order valence-electron chi connectivity index (χ1n) is 10.6. The van der Waals surface area contributed by atoms with Crippen molar-refractivity contribution in [1.29, 1.82) is 0 Å². The van der Waals surface area contributed by atoms with Crippen LogP contribution in [0.2, 0.25) is 0 Å². The fourth-order valence-electron chi connectivity index (χ4n) is 3.25. The van der Waals surface area contributed by atoms with Gasteiger partial charge in [-0.05, 0) is 46.2 Å². The van der Waals surface area contributed by atoms with E-state index in [-0.39, 0.29) is 18.2 Å². The van der Waals surface area contributed by atoms with Crippen LogP contribution < -0.4 is 21.3 Å². The van der Waals surface area contributed by atoms with Gasteiger partial charge in [-0.15, -0.1) is 0 Å². The Hall–Kier alpha value is -3.36. The van der Waals surface area contributed by atoms with Gasteiger partial charge in [-0.25, -0.2) is 0 Å². The third-order valence-electron chi connectivity index (χ3n) is 4.80. The molecule has 3 unspecified atom stereocenters. The standard InChI is InChI=1S/C23H33N5O4/c1-13(25-15(3)29)20(30)27-19(11-16-12-24-18-10-8-7-9-17(16)18)22(32)26-14(2)21(31)28-23(4,5)6/h7-10,12-14,19,24H,11H2,1-6H3,(H,25,29)(H,26,32)(H,27,30)(H,28,31). The van der Waals surface area contributed by atoms with E-state index in [9.17, 15) is 19.2 Å². The van der Waals surface area contributed by atoms with E-state index >= 15 is 0 Å². The zero-order valence-electron chi connectivity index (χ0n) is 19.5. The first kappa shape index (κ1) is 24.9. The number of carbonyl (C=O) groups excluding carboxylic acids is 4. The third-order valence-corrected chi connectivity index (χ3v) is 4.80. The second-order valence-electron chi connectivity index (χ2n) is 9.02. The molecule has 2 rings (SSSR count).